The highest BCUT2D eigenvalue weighted by molar-refractivity contribution is 5.77. The molecule has 0 radical (unpaired) electrons. The summed E-state index contributed by atoms with van der Waals surface area (Å²) in [6.07, 6.45) is 5.79. The summed E-state index contributed by atoms with van der Waals surface area (Å²) in [7, 11) is 0. The Morgan fingerprint density at radius 3 is 2.71 bits per heavy atom. The Bertz CT molecular complexity index is 282. The summed E-state index contributed by atoms with van der Waals surface area (Å²) in [5.41, 5.74) is 11.3. The molecule has 98 valence electrons. The van der Waals surface area contributed by atoms with Gasteiger partial charge in [-0.2, -0.15) is 0 Å². The highest BCUT2D eigenvalue weighted by Crippen LogP contribution is 2.34. The first kappa shape index (κ1) is 12.8. The Labute approximate surface area is 104 Å². The molecule has 1 amide bonds. The topological polar surface area (TPSA) is 72.4 Å². The van der Waals surface area contributed by atoms with Crippen LogP contribution in [0.4, 0.5) is 0 Å². The standard InChI is InChI=1S/C13H25N3O/c1-9-5-6-11(13(15)17)8-16(9)12-4-2-3-10(12)7-14/h9-12H,2-8,14H2,1H3,(H2,15,17). The molecule has 2 aliphatic rings. The van der Waals surface area contributed by atoms with Gasteiger partial charge in [-0.15, -0.1) is 0 Å². The van der Waals surface area contributed by atoms with Gasteiger partial charge in [0.15, 0.2) is 0 Å². The number of nitrogens with zero attached hydrogens (tertiary/aromatic N) is 1. The molecule has 1 saturated carbocycles. The predicted octanol–water partition coefficient (Wildman–Crippen LogP) is 0.700. The Morgan fingerprint density at radius 1 is 1.29 bits per heavy atom. The van der Waals surface area contributed by atoms with Crippen LogP contribution in [0.15, 0.2) is 0 Å². The minimum absolute atomic E-state index is 0.0465. The maximum absolute atomic E-state index is 11.3. The SMILES string of the molecule is CC1CCC(C(N)=O)CN1C1CCCC1CN. The number of rotatable bonds is 3. The van der Waals surface area contributed by atoms with Gasteiger partial charge in [0.2, 0.25) is 5.91 Å². The fourth-order valence-electron chi connectivity index (χ4n) is 3.56. The summed E-state index contributed by atoms with van der Waals surface area (Å²) in [5.74, 6) is 0.526. The molecule has 0 spiro atoms. The van der Waals surface area contributed by atoms with Crippen LogP contribution in [0, 0.1) is 11.8 Å². The van der Waals surface area contributed by atoms with Crippen molar-refractivity contribution < 1.29 is 4.79 Å². The second-order valence-electron chi connectivity index (χ2n) is 5.72. The van der Waals surface area contributed by atoms with Crippen LogP contribution in [0.25, 0.3) is 0 Å². The number of carbonyl (C=O) groups excluding carboxylic acids is 1. The molecule has 4 heteroatoms. The molecule has 1 heterocycles. The molecule has 4 unspecified atom stereocenters. The van der Waals surface area contributed by atoms with Crippen LogP contribution >= 0.6 is 0 Å². The van der Waals surface area contributed by atoms with Gasteiger partial charge >= 0.3 is 0 Å². The molecule has 1 aliphatic carbocycles. The molecular formula is C13H25N3O. The van der Waals surface area contributed by atoms with Crippen LogP contribution in [-0.4, -0.2) is 36.0 Å². The lowest BCUT2D eigenvalue weighted by Crippen LogP contribution is -2.52. The predicted molar refractivity (Wildman–Crippen MR) is 68.3 cm³/mol. The number of nitrogens with two attached hydrogens (primary N) is 2. The third kappa shape index (κ3) is 2.63. The zero-order chi connectivity index (χ0) is 12.4. The smallest absolute Gasteiger partial charge is 0.221 e. The minimum atomic E-state index is -0.135. The van der Waals surface area contributed by atoms with Crippen molar-refractivity contribution in [1.82, 2.24) is 4.90 Å². The van der Waals surface area contributed by atoms with Gasteiger partial charge in [0, 0.05) is 18.6 Å². The van der Waals surface area contributed by atoms with Crippen molar-refractivity contribution in [1.29, 1.82) is 0 Å². The van der Waals surface area contributed by atoms with Gasteiger partial charge in [-0.3, -0.25) is 9.69 Å². The lowest BCUT2D eigenvalue weighted by atomic mass is 9.89. The minimum Gasteiger partial charge on any atom is -0.369 e. The Hall–Kier alpha value is -0.610. The summed E-state index contributed by atoms with van der Waals surface area (Å²) in [6, 6.07) is 1.15. The fraction of sp³-hybridized carbons (Fsp3) is 0.923. The number of piperidine rings is 1. The zero-order valence-corrected chi connectivity index (χ0v) is 10.8. The normalized spacial score (nSPS) is 39.4. The van der Waals surface area contributed by atoms with E-state index in [4.69, 9.17) is 11.5 Å². The number of carbonyl (C=O) groups is 1. The molecule has 2 rings (SSSR count). The van der Waals surface area contributed by atoms with Gasteiger partial charge in [0.1, 0.15) is 0 Å². The molecule has 2 fully saturated rings. The maximum Gasteiger partial charge on any atom is 0.221 e. The molecule has 4 N–H and O–H groups in total. The molecule has 0 aromatic heterocycles. The Balaban J connectivity index is 2.04. The van der Waals surface area contributed by atoms with E-state index < -0.39 is 0 Å². The van der Waals surface area contributed by atoms with Gasteiger partial charge in [0.05, 0.1) is 5.92 Å². The van der Waals surface area contributed by atoms with E-state index in [0.29, 0.717) is 18.0 Å². The van der Waals surface area contributed by atoms with E-state index in [1.165, 1.54) is 19.3 Å². The van der Waals surface area contributed by atoms with Crippen molar-refractivity contribution >= 4 is 5.91 Å². The first-order chi connectivity index (χ1) is 8.13. The van der Waals surface area contributed by atoms with Crippen molar-refractivity contribution in [3.8, 4) is 0 Å². The van der Waals surface area contributed by atoms with E-state index in [-0.39, 0.29) is 11.8 Å². The van der Waals surface area contributed by atoms with Crippen LogP contribution < -0.4 is 11.5 Å². The largest absolute Gasteiger partial charge is 0.369 e. The monoisotopic (exact) mass is 239 g/mol. The molecule has 1 saturated heterocycles. The first-order valence-electron chi connectivity index (χ1n) is 6.88. The van der Waals surface area contributed by atoms with Crippen molar-refractivity contribution in [3.63, 3.8) is 0 Å². The van der Waals surface area contributed by atoms with Gasteiger partial charge in [0.25, 0.3) is 0 Å². The Morgan fingerprint density at radius 2 is 2.06 bits per heavy atom. The van der Waals surface area contributed by atoms with E-state index in [1.807, 2.05) is 0 Å². The number of primary amides is 1. The van der Waals surface area contributed by atoms with E-state index in [0.717, 1.165) is 25.9 Å². The van der Waals surface area contributed by atoms with Crippen LogP contribution in [-0.2, 0) is 4.79 Å². The number of hydrogen-bond donors (Lipinski definition) is 2. The molecule has 0 aromatic carbocycles. The van der Waals surface area contributed by atoms with Crippen LogP contribution in [0.1, 0.15) is 39.0 Å². The lowest BCUT2D eigenvalue weighted by molar-refractivity contribution is -0.124. The third-order valence-electron chi connectivity index (χ3n) is 4.68. The summed E-state index contributed by atoms with van der Waals surface area (Å²) >= 11 is 0. The van der Waals surface area contributed by atoms with Crippen LogP contribution in [0.5, 0.6) is 0 Å². The molecule has 17 heavy (non-hydrogen) atoms. The maximum atomic E-state index is 11.3. The third-order valence-corrected chi connectivity index (χ3v) is 4.68. The molecular weight excluding hydrogens is 214 g/mol. The molecule has 4 nitrogen and oxygen atoms in total. The zero-order valence-electron chi connectivity index (χ0n) is 10.8. The first-order valence-corrected chi connectivity index (χ1v) is 6.88. The van der Waals surface area contributed by atoms with E-state index in [9.17, 15) is 4.79 Å². The van der Waals surface area contributed by atoms with Gasteiger partial charge in [-0.25, -0.2) is 0 Å². The second kappa shape index (κ2) is 5.36. The quantitative estimate of drug-likeness (QED) is 0.761. The molecule has 4 atom stereocenters. The summed E-state index contributed by atoms with van der Waals surface area (Å²) in [6.45, 7) is 3.88. The number of hydrogen-bond acceptors (Lipinski definition) is 3. The van der Waals surface area contributed by atoms with E-state index in [2.05, 4.69) is 11.8 Å². The van der Waals surface area contributed by atoms with E-state index >= 15 is 0 Å². The van der Waals surface area contributed by atoms with Crippen LogP contribution in [0.3, 0.4) is 0 Å². The van der Waals surface area contributed by atoms with Crippen molar-refractivity contribution in [2.24, 2.45) is 23.3 Å². The van der Waals surface area contributed by atoms with E-state index in [1.54, 1.807) is 0 Å². The number of likely N-dealkylation sites (tertiary alicyclic amines) is 1. The number of amides is 1. The highest BCUT2D eigenvalue weighted by atomic mass is 16.1. The average molecular weight is 239 g/mol. The Kier molecular flexibility index (Phi) is 4.05. The molecule has 0 aromatic rings. The second-order valence-corrected chi connectivity index (χ2v) is 5.72. The summed E-state index contributed by atoms with van der Waals surface area (Å²) in [5, 5.41) is 0. The van der Waals surface area contributed by atoms with Crippen molar-refractivity contribution in [3.05, 3.63) is 0 Å². The summed E-state index contributed by atoms with van der Waals surface area (Å²) < 4.78 is 0. The van der Waals surface area contributed by atoms with Gasteiger partial charge < -0.3 is 11.5 Å². The van der Waals surface area contributed by atoms with Gasteiger partial charge in [-0.1, -0.05) is 6.42 Å². The van der Waals surface area contributed by atoms with Crippen molar-refractivity contribution in [2.45, 2.75) is 51.1 Å². The lowest BCUT2D eigenvalue weighted by Gasteiger charge is -2.42. The summed E-state index contributed by atoms with van der Waals surface area (Å²) in [4.78, 5) is 13.8. The molecule has 0 bridgehead atoms. The van der Waals surface area contributed by atoms with Crippen molar-refractivity contribution in [2.75, 3.05) is 13.1 Å². The highest BCUT2D eigenvalue weighted by Gasteiger charge is 2.37. The molecule has 1 aliphatic heterocycles. The van der Waals surface area contributed by atoms with Gasteiger partial charge in [-0.05, 0) is 45.1 Å². The fourth-order valence-corrected chi connectivity index (χ4v) is 3.56. The van der Waals surface area contributed by atoms with Crippen LogP contribution in [0.2, 0.25) is 0 Å². The average Bonchev–Trinajstić information content (AvgIpc) is 2.77.